The molecule has 0 bridgehead atoms. The van der Waals surface area contributed by atoms with Gasteiger partial charge >= 0.3 is 0 Å². The summed E-state index contributed by atoms with van der Waals surface area (Å²) in [4.78, 5) is 5.05. The first-order valence-electron chi connectivity index (χ1n) is 18.2. The van der Waals surface area contributed by atoms with Gasteiger partial charge in [0.15, 0.2) is 0 Å². The summed E-state index contributed by atoms with van der Waals surface area (Å²) in [5, 5.41) is 5.18. The van der Waals surface area contributed by atoms with Crippen LogP contribution in [0.2, 0.25) is 0 Å². The predicted octanol–water partition coefficient (Wildman–Crippen LogP) is 14.4. The monoisotopic (exact) mass is 693 g/mol. The van der Waals surface area contributed by atoms with Crippen molar-refractivity contribution in [2.45, 2.75) is 15.7 Å². The second-order valence-corrected chi connectivity index (χ2v) is 14.8. The van der Waals surface area contributed by atoms with Crippen LogP contribution < -0.4 is 4.90 Å². The summed E-state index contributed by atoms with van der Waals surface area (Å²) in [7, 11) is 0. The Kier molecular flexibility index (Phi) is 7.89. The van der Waals surface area contributed by atoms with E-state index in [4.69, 9.17) is 0 Å². The van der Waals surface area contributed by atoms with E-state index in [0.717, 1.165) is 17.1 Å². The molecule has 0 unspecified atom stereocenters. The zero-order valence-corrected chi connectivity index (χ0v) is 29.9. The zero-order chi connectivity index (χ0) is 35.1. The van der Waals surface area contributed by atoms with Crippen LogP contribution >= 0.6 is 11.8 Å². The average molecular weight is 694 g/mol. The van der Waals surface area contributed by atoms with Crippen LogP contribution in [0.4, 0.5) is 17.1 Å². The molecular weight excluding hydrogens is 659 g/mol. The van der Waals surface area contributed by atoms with Gasteiger partial charge in [-0.1, -0.05) is 169 Å². The van der Waals surface area contributed by atoms with Crippen LogP contribution in [-0.4, -0.2) is 0 Å². The fraction of sp³-hybridized carbons (Fsp3) is 0.0196. The van der Waals surface area contributed by atoms with Crippen molar-refractivity contribution < 1.29 is 0 Å². The predicted molar refractivity (Wildman–Crippen MR) is 225 cm³/mol. The van der Waals surface area contributed by atoms with Crippen LogP contribution in [0.15, 0.2) is 216 Å². The first kappa shape index (κ1) is 31.4. The lowest BCUT2D eigenvalue weighted by molar-refractivity contribution is 0.925. The Morgan fingerprint density at radius 1 is 0.340 bits per heavy atom. The summed E-state index contributed by atoms with van der Waals surface area (Å²) in [5.41, 5.74) is 12.3. The van der Waals surface area contributed by atoms with E-state index in [2.05, 4.69) is 211 Å². The topological polar surface area (TPSA) is 3.24 Å². The van der Waals surface area contributed by atoms with Gasteiger partial charge in [-0.3, -0.25) is 0 Å². The van der Waals surface area contributed by atoms with E-state index in [1.807, 2.05) is 11.8 Å². The van der Waals surface area contributed by atoms with Gasteiger partial charge in [-0.2, -0.15) is 0 Å². The van der Waals surface area contributed by atoms with E-state index < -0.39 is 0 Å². The van der Waals surface area contributed by atoms with E-state index >= 15 is 0 Å². The van der Waals surface area contributed by atoms with Crippen LogP contribution in [0, 0.1) is 0 Å². The molecule has 0 atom stereocenters. The van der Waals surface area contributed by atoms with Crippen molar-refractivity contribution in [1.82, 2.24) is 0 Å². The molecule has 0 amide bonds. The Hall–Kier alpha value is -6.35. The van der Waals surface area contributed by atoms with Crippen LogP contribution in [-0.2, 0) is 0 Å². The molecule has 0 saturated carbocycles. The van der Waals surface area contributed by atoms with E-state index in [9.17, 15) is 0 Å². The Balaban J connectivity index is 1.16. The third-order valence-corrected chi connectivity index (χ3v) is 11.7. The minimum absolute atomic E-state index is 0.0566. The first-order valence-corrected chi connectivity index (χ1v) is 19.0. The third-order valence-electron chi connectivity index (χ3n) is 10.6. The van der Waals surface area contributed by atoms with Crippen molar-refractivity contribution in [3.63, 3.8) is 0 Å². The fourth-order valence-corrected chi connectivity index (χ4v) is 9.26. The standard InChI is InChI=1S/C51H35NS/c1-3-12-35(13-4-1)37-22-28-42(29-23-37)52(43-30-24-38(25-31-43)36-14-5-2-6-15-36)44-19-11-18-41(34-44)49-50-45-20-9-7-16-39(45)26-32-47(50)53-48-33-27-40-17-8-10-21-46(40)51(48)49/h1-34,49H. The van der Waals surface area contributed by atoms with Crippen molar-refractivity contribution >= 4 is 50.4 Å². The molecule has 10 rings (SSSR count). The molecule has 0 aliphatic carbocycles. The Morgan fingerprint density at radius 2 is 0.792 bits per heavy atom. The summed E-state index contributed by atoms with van der Waals surface area (Å²) in [6.07, 6.45) is 0. The van der Waals surface area contributed by atoms with Gasteiger partial charge in [0.1, 0.15) is 0 Å². The van der Waals surface area contributed by atoms with Crippen molar-refractivity contribution in [2.24, 2.45) is 0 Å². The quantitative estimate of drug-likeness (QED) is 0.171. The van der Waals surface area contributed by atoms with E-state index in [1.165, 1.54) is 70.3 Å². The van der Waals surface area contributed by atoms with Crippen LogP contribution in [0.25, 0.3) is 43.8 Å². The minimum atomic E-state index is 0.0566. The molecule has 53 heavy (non-hydrogen) atoms. The van der Waals surface area contributed by atoms with Gasteiger partial charge in [0.05, 0.1) is 0 Å². The molecule has 0 fully saturated rings. The third kappa shape index (κ3) is 5.69. The summed E-state index contributed by atoms with van der Waals surface area (Å²) < 4.78 is 0. The largest absolute Gasteiger partial charge is 0.310 e. The first-order chi connectivity index (χ1) is 26.3. The zero-order valence-electron chi connectivity index (χ0n) is 29.1. The summed E-state index contributed by atoms with van der Waals surface area (Å²) in [6.45, 7) is 0. The van der Waals surface area contributed by atoms with Gasteiger partial charge in [0.2, 0.25) is 0 Å². The van der Waals surface area contributed by atoms with Gasteiger partial charge in [0.25, 0.3) is 0 Å². The molecule has 1 aliphatic heterocycles. The SMILES string of the molecule is c1ccc(-c2ccc(N(c3ccc(-c4ccccc4)cc3)c3cccc(C4c5c(ccc6ccccc56)Sc5ccc6ccccc6c54)c3)cc2)cc1. The Morgan fingerprint density at radius 3 is 1.30 bits per heavy atom. The van der Waals surface area contributed by atoms with Crippen LogP contribution in [0.1, 0.15) is 22.6 Å². The summed E-state index contributed by atoms with van der Waals surface area (Å²) >= 11 is 1.90. The Labute approximate surface area is 314 Å². The molecule has 2 heteroatoms. The van der Waals surface area contributed by atoms with E-state index in [1.54, 1.807) is 0 Å². The molecule has 0 radical (unpaired) electrons. The molecule has 0 spiro atoms. The number of hydrogen-bond donors (Lipinski definition) is 0. The number of hydrogen-bond acceptors (Lipinski definition) is 2. The molecule has 1 nitrogen and oxygen atoms in total. The minimum Gasteiger partial charge on any atom is -0.310 e. The second-order valence-electron chi connectivity index (χ2n) is 13.7. The maximum absolute atomic E-state index is 2.42. The molecule has 0 saturated heterocycles. The molecule has 1 aliphatic rings. The van der Waals surface area contributed by atoms with Gasteiger partial charge in [-0.25, -0.2) is 0 Å². The number of benzene rings is 9. The molecule has 0 aromatic heterocycles. The van der Waals surface area contributed by atoms with E-state index in [-0.39, 0.29) is 5.92 Å². The number of rotatable bonds is 6. The van der Waals surface area contributed by atoms with Crippen molar-refractivity contribution in [3.8, 4) is 22.3 Å². The highest BCUT2D eigenvalue weighted by molar-refractivity contribution is 7.99. The smallest absolute Gasteiger partial charge is 0.0464 e. The van der Waals surface area contributed by atoms with E-state index in [0.29, 0.717) is 0 Å². The van der Waals surface area contributed by atoms with Crippen molar-refractivity contribution in [2.75, 3.05) is 4.90 Å². The number of nitrogens with zero attached hydrogens (tertiary/aromatic N) is 1. The second kappa shape index (κ2) is 13.3. The van der Waals surface area contributed by atoms with Crippen molar-refractivity contribution in [3.05, 3.63) is 223 Å². The lowest BCUT2D eigenvalue weighted by atomic mass is 9.80. The molecule has 0 N–H and O–H groups in total. The Bertz CT molecular complexity index is 2570. The van der Waals surface area contributed by atoms with Crippen LogP contribution in [0.3, 0.4) is 0 Å². The number of fused-ring (bicyclic) bond motifs is 6. The fourth-order valence-electron chi connectivity index (χ4n) is 8.08. The van der Waals surface area contributed by atoms with Gasteiger partial charge < -0.3 is 4.90 Å². The highest BCUT2D eigenvalue weighted by Gasteiger charge is 2.31. The van der Waals surface area contributed by atoms with Crippen molar-refractivity contribution in [1.29, 1.82) is 0 Å². The maximum atomic E-state index is 2.42. The highest BCUT2D eigenvalue weighted by Crippen LogP contribution is 2.53. The maximum Gasteiger partial charge on any atom is 0.0464 e. The lowest BCUT2D eigenvalue weighted by Gasteiger charge is -2.32. The highest BCUT2D eigenvalue weighted by atomic mass is 32.2. The molecule has 1 heterocycles. The van der Waals surface area contributed by atoms with Gasteiger partial charge in [-0.15, -0.1) is 0 Å². The van der Waals surface area contributed by atoms with Crippen LogP contribution in [0.5, 0.6) is 0 Å². The summed E-state index contributed by atoms with van der Waals surface area (Å²) in [5.74, 6) is 0.0566. The molecule has 250 valence electrons. The molecule has 9 aromatic carbocycles. The summed E-state index contributed by atoms with van der Waals surface area (Å²) in [6, 6.07) is 75.4. The van der Waals surface area contributed by atoms with Gasteiger partial charge in [-0.05, 0) is 109 Å². The molecule has 9 aromatic rings. The lowest BCUT2D eigenvalue weighted by Crippen LogP contribution is -2.14. The van der Waals surface area contributed by atoms with Gasteiger partial charge in [0, 0.05) is 32.8 Å². The number of anilines is 3. The average Bonchev–Trinajstić information content (AvgIpc) is 3.24. The normalized spacial score (nSPS) is 12.4. The molecular formula is C51H35NS.